The molecule has 2 rings (SSSR count). The molecular formula is C11H12ClNS2. The number of hydrogen-bond donors (Lipinski definition) is 0. The molecule has 1 aromatic heterocycles. The molecule has 0 aliphatic carbocycles. The van der Waals surface area contributed by atoms with Crippen molar-refractivity contribution in [3.05, 3.63) is 24.3 Å². The number of nitrogens with zero attached hydrogens (tertiary/aromatic N) is 1. The second kappa shape index (κ2) is 5.19. The highest BCUT2D eigenvalue weighted by Crippen LogP contribution is 2.32. The summed E-state index contributed by atoms with van der Waals surface area (Å²) >= 11 is 9.29. The fourth-order valence-electron chi connectivity index (χ4n) is 1.29. The highest BCUT2D eigenvalue weighted by atomic mass is 35.5. The van der Waals surface area contributed by atoms with E-state index in [1.165, 1.54) is 4.70 Å². The van der Waals surface area contributed by atoms with Gasteiger partial charge in [0.25, 0.3) is 0 Å². The van der Waals surface area contributed by atoms with Crippen LogP contribution >= 0.6 is 34.7 Å². The van der Waals surface area contributed by atoms with Crippen LogP contribution in [-0.4, -0.2) is 16.1 Å². The van der Waals surface area contributed by atoms with Gasteiger partial charge in [-0.15, -0.1) is 22.9 Å². The lowest BCUT2D eigenvalue weighted by Gasteiger charge is -2.04. The predicted octanol–water partition coefficient (Wildman–Crippen LogP) is 4.41. The Morgan fingerprint density at radius 3 is 3.00 bits per heavy atom. The van der Waals surface area contributed by atoms with Crippen molar-refractivity contribution < 1.29 is 0 Å². The van der Waals surface area contributed by atoms with E-state index in [1.54, 1.807) is 11.3 Å². The number of alkyl halides is 1. The van der Waals surface area contributed by atoms with E-state index in [0.29, 0.717) is 5.25 Å². The van der Waals surface area contributed by atoms with Crippen molar-refractivity contribution in [3.8, 4) is 0 Å². The van der Waals surface area contributed by atoms with Crippen molar-refractivity contribution in [3.63, 3.8) is 0 Å². The molecule has 0 radical (unpaired) electrons. The van der Waals surface area contributed by atoms with Gasteiger partial charge in [-0.2, -0.15) is 0 Å². The van der Waals surface area contributed by atoms with Gasteiger partial charge in [-0.1, -0.05) is 30.8 Å². The zero-order valence-corrected chi connectivity index (χ0v) is 10.8. The maximum absolute atomic E-state index is 5.71. The second-order valence-corrected chi connectivity index (χ2v) is 6.45. The SMILES string of the molecule is CC(CCCl)Sc1nc2ccccc2s1. The summed E-state index contributed by atoms with van der Waals surface area (Å²) in [4.78, 5) is 4.57. The molecule has 0 bridgehead atoms. The van der Waals surface area contributed by atoms with Crippen molar-refractivity contribution in [2.75, 3.05) is 5.88 Å². The standard InChI is InChI=1S/C11H12ClNS2/c1-8(6-7-12)14-11-13-9-4-2-3-5-10(9)15-11/h2-5,8H,6-7H2,1H3. The first-order chi connectivity index (χ1) is 7.29. The minimum absolute atomic E-state index is 0.545. The summed E-state index contributed by atoms with van der Waals surface area (Å²) in [6.45, 7) is 2.19. The van der Waals surface area contributed by atoms with Gasteiger partial charge in [-0.3, -0.25) is 0 Å². The van der Waals surface area contributed by atoms with Gasteiger partial charge >= 0.3 is 0 Å². The van der Waals surface area contributed by atoms with Gasteiger partial charge in [0.15, 0.2) is 4.34 Å². The lowest BCUT2D eigenvalue weighted by molar-refractivity contribution is 0.911. The van der Waals surface area contributed by atoms with Crippen molar-refractivity contribution in [1.82, 2.24) is 4.98 Å². The second-order valence-electron chi connectivity index (χ2n) is 3.35. The highest BCUT2D eigenvalue weighted by Gasteiger charge is 2.08. The van der Waals surface area contributed by atoms with E-state index in [2.05, 4.69) is 30.1 Å². The molecule has 0 spiro atoms. The number of halogens is 1. The Balaban J connectivity index is 2.15. The van der Waals surface area contributed by atoms with E-state index >= 15 is 0 Å². The van der Waals surface area contributed by atoms with E-state index in [0.717, 1.165) is 22.2 Å². The van der Waals surface area contributed by atoms with Gasteiger partial charge in [0, 0.05) is 11.1 Å². The van der Waals surface area contributed by atoms with Crippen LogP contribution in [0.3, 0.4) is 0 Å². The Kier molecular flexibility index (Phi) is 3.89. The number of thioether (sulfide) groups is 1. The van der Waals surface area contributed by atoms with Gasteiger partial charge in [-0.05, 0) is 18.6 Å². The number of hydrogen-bond acceptors (Lipinski definition) is 3. The molecule has 0 aliphatic rings. The molecule has 1 atom stereocenters. The van der Waals surface area contributed by atoms with Gasteiger partial charge in [-0.25, -0.2) is 4.98 Å². The van der Waals surface area contributed by atoms with Gasteiger partial charge in [0.2, 0.25) is 0 Å². The Morgan fingerprint density at radius 1 is 1.47 bits per heavy atom. The average Bonchev–Trinajstić information content (AvgIpc) is 2.59. The molecule has 0 saturated carbocycles. The van der Waals surface area contributed by atoms with Crippen molar-refractivity contribution >= 4 is 44.9 Å². The summed E-state index contributed by atoms with van der Waals surface area (Å²) in [6.07, 6.45) is 1.03. The third kappa shape index (κ3) is 2.86. The Bertz CT molecular complexity index is 408. The molecule has 1 heterocycles. The van der Waals surface area contributed by atoms with E-state index in [9.17, 15) is 0 Å². The molecular weight excluding hydrogens is 246 g/mol. The zero-order chi connectivity index (χ0) is 10.7. The largest absolute Gasteiger partial charge is 0.230 e. The summed E-state index contributed by atoms with van der Waals surface area (Å²) < 4.78 is 2.41. The monoisotopic (exact) mass is 257 g/mol. The molecule has 2 aromatic rings. The third-order valence-corrected chi connectivity index (χ3v) is 4.61. The minimum atomic E-state index is 0.545. The molecule has 0 N–H and O–H groups in total. The maximum atomic E-state index is 5.71. The van der Waals surface area contributed by atoms with Crippen LogP contribution in [0.4, 0.5) is 0 Å². The molecule has 0 saturated heterocycles. The minimum Gasteiger partial charge on any atom is -0.230 e. The smallest absolute Gasteiger partial charge is 0.151 e. The van der Waals surface area contributed by atoms with Gasteiger partial charge in [0.1, 0.15) is 0 Å². The summed E-state index contributed by atoms with van der Waals surface area (Å²) in [7, 11) is 0. The van der Waals surface area contributed by atoms with Gasteiger partial charge in [0.05, 0.1) is 10.2 Å². The Morgan fingerprint density at radius 2 is 2.27 bits per heavy atom. The molecule has 0 aliphatic heterocycles. The van der Waals surface area contributed by atoms with E-state index in [4.69, 9.17) is 11.6 Å². The van der Waals surface area contributed by atoms with Crippen LogP contribution in [0.25, 0.3) is 10.2 Å². The number of aromatic nitrogens is 1. The molecule has 1 nitrogen and oxygen atoms in total. The topological polar surface area (TPSA) is 12.9 Å². The third-order valence-electron chi connectivity index (χ3n) is 2.09. The Labute approximate surface area is 103 Å². The van der Waals surface area contributed by atoms with Crippen LogP contribution in [0, 0.1) is 0 Å². The molecule has 80 valence electrons. The number of para-hydroxylation sites is 1. The quantitative estimate of drug-likeness (QED) is 0.595. The van der Waals surface area contributed by atoms with Gasteiger partial charge < -0.3 is 0 Å². The van der Waals surface area contributed by atoms with Crippen LogP contribution in [0.2, 0.25) is 0 Å². The lowest BCUT2D eigenvalue weighted by Crippen LogP contribution is -1.95. The number of fused-ring (bicyclic) bond motifs is 1. The van der Waals surface area contributed by atoms with E-state index < -0.39 is 0 Å². The molecule has 15 heavy (non-hydrogen) atoms. The lowest BCUT2D eigenvalue weighted by atomic mass is 10.3. The fraction of sp³-hybridized carbons (Fsp3) is 0.364. The van der Waals surface area contributed by atoms with E-state index in [1.807, 2.05) is 17.8 Å². The molecule has 1 aromatic carbocycles. The van der Waals surface area contributed by atoms with Crippen molar-refractivity contribution in [1.29, 1.82) is 0 Å². The van der Waals surface area contributed by atoms with Crippen molar-refractivity contribution in [2.45, 2.75) is 22.9 Å². The van der Waals surface area contributed by atoms with Crippen LogP contribution in [0.15, 0.2) is 28.6 Å². The first-order valence-electron chi connectivity index (χ1n) is 4.88. The summed E-state index contributed by atoms with van der Waals surface area (Å²) in [6, 6.07) is 8.25. The first-order valence-corrected chi connectivity index (χ1v) is 7.11. The van der Waals surface area contributed by atoms with Crippen LogP contribution in [0.1, 0.15) is 13.3 Å². The van der Waals surface area contributed by atoms with Crippen LogP contribution < -0.4 is 0 Å². The van der Waals surface area contributed by atoms with Crippen molar-refractivity contribution in [2.24, 2.45) is 0 Å². The predicted molar refractivity (Wildman–Crippen MR) is 70.3 cm³/mol. The number of rotatable bonds is 4. The zero-order valence-electron chi connectivity index (χ0n) is 8.44. The molecule has 0 fully saturated rings. The summed E-state index contributed by atoms with van der Waals surface area (Å²) in [5.74, 6) is 0.721. The molecule has 1 unspecified atom stereocenters. The number of benzene rings is 1. The highest BCUT2D eigenvalue weighted by molar-refractivity contribution is 8.01. The molecule has 0 amide bonds. The summed E-state index contributed by atoms with van der Waals surface area (Å²) in [5, 5.41) is 0.545. The fourth-order valence-corrected chi connectivity index (χ4v) is 4.13. The maximum Gasteiger partial charge on any atom is 0.151 e. The Hall–Kier alpha value is -0.250. The first kappa shape index (κ1) is 11.2. The van der Waals surface area contributed by atoms with Crippen LogP contribution in [-0.2, 0) is 0 Å². The normalized spacial score (nSPS) is 13.2. The molecule has 4 heteroatoms. The van der Waals surface area contributed by atoms with E-state index in [-0.39, 0.29) is 0 Å². The average molecular weight is 258 g/mol. The summed E-state index contributed by atoms with van der Waals surface area (Å²) in [5.41, 5.74) is 1.10. The van der Waals surface area contributed by atoms with Crippen LogP contribution in [0.5, 0.6) is 0 Å². The number of thiazole rings is 1.